The zero-order valence-electron chi connectivity index (χ0n) is 13.4. The average Bonchev–Trinajstić information content (AvgIpc) is 2.54. The predicted octanol–water partition coefficient (Wildman–Crippen LogP) is -1.23. The Morgan fingerprint density at radius 3 is 1.87 bits per heavy atom. The summed E-state index contributed by atoms with van der Waals surface area (Å²) in [4.78, 5) is 10.8. The number of hydrogen-bond acceptors (Lipinski definition) is 7. The van der Waals surface area contributed by atoms with Crippen molar-refractivity contribution in [2.75, 3.05) is 20.3 Å². The van der Waals surface area contributed by atoms with Crippen LogP contribution in [0.25, 0.3) is 0 Å². The quantitative estimate of drug-likeness (QED) is 0.331. The summed E-state index contributed by atoms with van der Waals surface area (Å²) in [6, 6.07) is 8.82. The molecule has 0 heterocycles. The molecule has 0 fully saturated rings. The van der Waals surface area contributed by atoms with Crippen LogP contribution in [0.1, 0.15) is 0 Å². The van der Waals surface area contributed by atoms with Crippen LogP contribution in [0, 0.1) is 0 Å². The molecule has 0 saturated heterocycles. The van der Waals surface area contributed by atoms with E-state index in [4.69, 9.17) is 18.8 Å². The largest absolute Gasteiger partial charge is 0.411 e. The van der Waals surface area contributed by atoms with Crippen molar-refractivity contribution in [3.05, 3.63) is 30.3 Å². The van der Waals surface area contributed by atoms with E-state index in [1.165, 1.54) is 7.11 Å². The van der Waals surface area contributed by atoms with Gasteiger partial charge in [-0.25, -0.2) is 0 Å². The van der Waals surface area contributed by atoms with Crippen LogP contribution in [-0.2, 0) is 8.54 Å². The first kappa shape index (κ1) is 20.4. The number of rotatable bonds is 10. The minimum Gasteiger partial charge on any atom is -0.411 e. The van der Waals surface area contributed by atoms with Crippen LogP contribution < -0.4 is 5.19 Å². The molecule has 0 aliphatic carbocycles. The first-order valence-electron chi connectivity index (χ1n) is 7.39. The lowest BCUT2D eigenvalue weighted by Gasteiger charge is -2.37. The van der Waals surface area contributed by atoms with Gasteiger partial charge in [-0.3, -0.25) is 0 Å². The smallest absolute Gasteiger partial charge is 0.357 e. The Morgan fingerprint density at radius 2 is 1.48 bits per heavy atom. The minimum absolute atomic E-state index is 0.0208. The van der Waals surface area contributed by atoms with Gasteiger partial charge in [0.15, 0.2) is 0 Å². The van der Waals surface area contributed by atoms with Crippen LogP contribution in [0.5, 0.6) is 0 Å². The predicted molar refractivity (Wildman–Crippen MR) is 89.6 cm³/mol. The lowest BCUT2D eigenvalue weighted by Crippen LogP contribution is -2.60. The van der Waals surface area contributed by atoms with Gasteiger partial charge in [0, 0.05) is 19.2 Å². The molecule has 0 spiro atoms. The summed E-state index contributed by atoms with van der Waals surface area (Å²) >= 11 is 0. The molecule has 0 radical (unpaired) electrons. The van der Waals surface area contributed by atoms with Crippen LogP contribution in [0.15, 0.2) is 30.3 Å². The summed E-state index contributed by atoms with van der Waals surface area (Å²) in [5, 5.41) is 38.4. The molecule has 5 N–H and O–H groups in total. The maximum Gasteiger partial charge on any atom is 0.357 e. The van der Waals surface area contributed by atoms with Crippen LogP contribution in [-0.4, -0.2) is 74.9 Å². The van der Waals surface area contributed by atoms with Gasteiger partial charge in [0.2, 0.25) is 0 Å². The van der Waals surface area contributed by atoms with E-state index in [1.807, 2.05) is 6.07 Å². The van der Waals surface area contributed by atoms with Crippen LogP contribution in [0.2, 0.25) is 18.6 Å². The van der Waals surface area contributed by atoms with Crippen molar-refractivity contribution in [2.24, 2.45) is 0 Å². The standard InChI is InChI=1S/C14H26O7Si2/c1-20-23(10-12(17)8-15,11-13(18)9-16)21-22(2,19)14-6-4-3-5-7-14/h3-7,12-13,15-19H,8-11H2,1-2H3. The molecule has 0 amide bonds. The molecule has 0 aliphatic rings. The molecule has 3 unspecified atom stereocenters. The van der Waals surface area contributed by atoms with Crippen molar-refractivity contribution in [3.63, 3.8) is 0 Å². The first-order valence-corrected chi connectivity index (χ1v) is 12.0. The normalized spacial score (nSPS) is 19.6. The molecular weight excluding hydrogens is 336 g/mol. The third-order valence-electron chi connectivity index (χ3n) is 3.58. The van der Waals surface area contributed by atoms with Crippen LogP contribution >= 0.6 is 0 Å². The molecule has 0 aliphatic heterocycles. The Kier molecular flexibility index (Phi) is 8.00. The van der Waals surface area contributed by atoms with Crippen LogP contribution in [0.3, 0.4) is 0 Å². The third kappa shape index (κ3) is 6.06. The monoisotopic (exact) mass is 362 g/mol. The van der Waals surface area contributed by atoms with Crippen molar-refractivity contribution in [3.8, 4) is 0 Å². The highest BCUT2D eigenvalue weighted by Crippen LogP contribution is 2.26. The van der Waals surface area contributed by atoms with E-state index in [0.717, 1.165) is 0 Å². The fraction of sp³-hybridized carbons (Fsp3) is 0.571. The Hall–Kier alpha value is -0.626. The molecule has 1 rings (SSSR count). The van der Waals surface area contributed by atoms with E-state index in [-0.39, 0.29) is 12.1 Å². The fourth-order valence-corrected chi connectivity index (χ4v) is 9.76. The summed E-state index contributed by atoms with van der Waals surface area (Å²) in [5.41, 5.74) is 0. The van der Waals surface area contributed by atoms with E-state index >= 15 is 0 Å². The molecule has 23 heavy (non-hydrogen) atoms. The topological polar surface area (TPSA) is 120 Å². The van der Waals surface area contributed by atoms with Gasteiger partial charge in [-0.2, -0.15) is 0 Å². The number of aliphatic hydroxyl groups excluding tert-OH is 4. The summed E-state index contributed by atoms with van der Waals surface area (Å²) in [6.07, 6.45) is -2.18. The second-order valence-corrected chi connectivity index (χ2v) is 12.1. The molecule has 0 aromatic heterocycles. The van der Waals surface area contributed by atoms with Crippen molar-refractivity contribution < 1.29 is 33.8 Å². The molecule has 1 aromatic rings. The van der Waals surface area contributed by atoms with Gasteiger partial charge in [0.05, 0.1) is 25.4 Å². The van der Waals surface area contributed by atoms with Crippen molar-refractivity contribution in [1.82, 2.24) is 0 Å². The van der Waals surface area contributed by atoms with E-state index in [9.17, 15) is 15.0 Å². The highest BCUT2D eigenvalue weighted by atomic mass is 28.5. The van der Waals surface area contributed by atoms with Gasteiger partial charge in [0.1, 0.15) is 0 Å². The molecule has 7 nitrogen and oxygen atoms in total. The summed E-state index contributed by atoms with van der Waals surface area (Å²) in [5.74, 6) is 0. The second kappa shape index (κ2) is 9.01. The second-order valence-electron chi connectivity index (χ2n) is 5.65. The molecule has 9 heteroatoms. The number of benzene rings is 1. The zero-order chi connectivity index (χ0) is 17.5. The van der Waals surface area contributed by atoms with E-state index in [1.54, 1.807) is 30.8 Å². The lowest BCUT2D eigenvalue weighted by molar-refractivity contribution is 0.0850. The van der Waals surface area contributed by atoms with Crippen molar-refractivity contribution >= 4 is 22.3 Å². The fourth-order valence-electron chi connectivity index (χ4n) is 2.39. The maximum absolute atomic E-state index is 10.8. The summed E-state index contributed by atoms with van der Waals surface area (Å²) < 4.78 is 11.5. The Labute approximate surface area is 138 Å². The lowest BCUT2D eigenvalue weighted by atomic mass is 10.4. The van der Waals surface area contributed by atoms with Gasteiger partial charge in [-0.1, -0.05) is 30.3 Å². The van der Waals surface area contributed by atoms with Gasteiger partial charge < -0.3 is 33.8 Å². The van der Waals surface area contributed by atoms with Gasteiger partial charge in [-0.15, -0.1) is 0 Å². The molecule has 1 aromatic carbocycles. The van der Waals surface area contributed by atoms with Crippen molar-refractivity contribution in [2.45, 2.75) is 30.8 Å². The van der Waals surface area contributed by atoms with Gasteiger partial charge in [-0.05, 0) is 11.7 Å². The minimum atomic E-state index is -3.34. The van der Waals surface area contributed by atoms with E-state index in [0.29, 0.717) is 5.19 Å². The van der Waals surface area contributed by atoms with E-state index < -0.39 is 42.5 Å². The highest BCUT2D eigenvalue weighted by Gasteiger charge is 2.47. The summed E-state index contributed by atoms with van der Waals surface area (Å²) in [7, 11) is -5.22. The number of aliphatic hydroxyl groups is 4. The Morgan fingerprint density at radius 1 is 1.00 bits per heavy atom. The first-order chi connectivity index (χ1) is 10.8. The van der Waals surface area contributed by atoms with Gasteiger partial charge >= 0.3 is 17.1 Å². The van der Waals surface area contributed by atoms with Crippen molar-refractivity contribution in [1.29, 1.82) is 0 Å². The zero-order valence-corrected chi connectivity index (χ0v) is 15.4. The molecule has 0 bridgehead atoms. The summed E-state index contributed by atoms with van der Waals surface area (Å²) in [6.45, 7) is 0.622. The molecule has 0 saturated carbocycles. The number of hydrogen-bond donors (Lipinski definition) is 5. The Bertz CT molecular complexity index is 446. The molecular formula is C14H26O7Si2. The third-order valence-corrected chi connectivity index (χ3v) is 11.0. The SMILES string of the molecule is CO[Si](CC(O)CO)(CC(O)CO)O[Si](C)(O)c1ccccc1. The Balaban J connectivity index is 3.07. The molecule has 132 valence electrons. The molecule has 3 atom stereocenters. The average molecular weight is 363 g/mol. The van der Waals surface area contributed by atoms with Crippen LogP contribution in [0.4, 0.5) is 0 Å². The van der Waals surface area contributed by atoms with Gasteiger partial charge in [0.25, 0.3) is 0 Å². The highest BCUT2D eigenvalue weighted by molar-refractivity contribution is 6.87. The maximum atomic E-state index is 10.8. The van der Waals surface area contributed by atoms with E-state index in [2.05, 4.69) is 0 Å².